The van der Waals surface area contributed by atoms with Crippen molar-refractivity contribution >= 4 is 23.1 Å². The number of hydrogen-bond acceptors (Lipinski definition) is 7. The van der Waals surface area contributed by atoms with E-state index in [1.165, 1.54) is 11.3 Å². The van der Waals surface area contributed by atoms with Gasteiger partial charge in [0.05, 0.1) is 5.56 Å². The van der Waals surface area contributed by atoms with Gasteiger partial charge in [0.25, 0.3) is 11.8 Å². The summed E-state index contributed by atoms with van der Waals surface area (Å²) in [4.78, 5) is 23.0. The quantitative estimate of drug-likeness (QED) is 0.774. The van der Waals surface area contributed by atoms with E-state index in [0.29, 0.717) is 11.7 Å². The lowest BCUT2D eigenvalue weighted by atomic mass is 10.2. The number of amides is 1. The smallest absolute Gasteiger partial charge is 0.259 e. The highest BCUT2D eigenvalue weighted by Gasteiger charge is 2.25. The summed E-state index contributed by atoms with van der Waals surface area (Å²) in [5.74, 6) is 1.94. The van der Waals surface area contributed by atoms with Gasteiger partial charge in [-0.15, -0.1) is 0 Å². The Labute approximate surface area is 148 Å². The van der Waals surface area contributed by atoms with Gasteiger partial charge in [0.15, 0.2) is 5.82 Å². The van der Waals surface area contributed by atoms with Crippen molar-refractivity contribution in [1.82, 2.24) is 20.4 Å². The molecule has 1 aliphatic rings. The third-order valence-corrected chi connectivity index (χ3v) is 4.84. The molecule has 25 heavy (non-hydrogen) atoms. The van der Waals surface area contributed by atoms with Crippen molar-refractivity contribution in [3.63, 3.8) is 0 Å². The van der Waals surface area contributed by atoms with Crippen LogP contribution in [0.4, 0.5) is 5.82 Å². The van der Waals surface area contributed by atoms with Crippen molar-refractivity contribution in [3.8, 4) is 11.5 Å². The van der Waals surface area contributed by atoms with Crippen molar-refractivity contribution in [2.45, 2.75) is 19.4 Å². The maximum atomic E-state index is 12.1. The molecule has 1 fully saturated rings. The van der Waals surface area contributed by atoms with Crippen LogP contribution in [-0.4, -0.2) is 40.2 Å². The zero-order chi connectivity index (χ0) is 17.2. The van der Waals surface area contributed by atoms with E-state index < -0.39 is 0 Å². The van der Waals surface area contributed by atoms with Gasteiger partial charge in [-0.05, 0) is 36.9 Å². The first-order valence-corrected chi connectivity index (χ1v) is 8.98. The fourth-order valence-corrected chi connectivity index (χ4v) is 3.50. The molecule has 1 saturated heterocycles. The number of rotatable bonds is 4. The molecule has 1 atom stereocenters. The van der Waals surface area contributed by atoms with Gasteiger partial charge in [0.1, 0.15) is 5.82 Å². The lowest BCUT2D eigenvalue weighted by Crippen LogP contribution is -2.37. The molecule has 0 unspecified atom stereocenters. The number of pyridine rings is 1. The summed E-state index contributed by atoms with van der Waals surface area (Å²) in [5, 5.41) is 10.6. The van der Waals surface area contributed by atoms with Crippen LogP contribution in [0.5, 0.6) is 0 Å². The number of aromatic nitrogens is 3. The highest BCUT2D eigenvalue weighted by atomic mass is 32.1. The Hall–Kier alpha value is -2.74. The van der Waals surface area contributed by atoms with Crippen LogP contribution in [0, 0.1) is 6.92 Å². The molecule has 0 spiro atoms. The average molecular weight is 355 g/mol. The van der Waals surface area contributed by atoms with E-state index in [4.69, 9.17) is 4.52 Å². The van der Waals surface area contributed by atoms with Crippen molar-refractivity contribution in [2.24, 2.45) is 0 Å². The highest BCUT2D eigenvalue weighted by molar-refractivity contribution is 7.08. The van der Waals surface area contributed by atoms with Crippen LogP contribution in [-0.2, 0) is 0 Å². The van der Waals surface area contributed by atoms with E-state index >= 15 is 0 Å². The van der Waals surface area contributed by atoms with Crippen LogP contribution >= 0.6 is 11.3 Å². The zero-order valence-corrected chi connectivity index (χ0v) is 14.5. The fourth-order valence-electron chi connectivity index (χ4n) is 2.86. The molecule has 1 aliphatic heterocycles. The topological polar surface area (TPSA) is 84.2 Å². The number of aryl methyl sites for hydroxylation is 1. The molecular formula is C17H17N5O2S. The normalized spacial score (nSPS) is 17.0. The second kappa shape index (κ2) is 6.64. The Morgan fingerprint density at radius 3 is 3.00 bits per heavy atom. The Kier molecular flexibility index (Phi) is 4.19. The van der Waals surface area contributed by atoms with E-state index in [1.54, 1.807) is 13.1 Å². The summed E-state index contributed by atoms with van der Waals surface area (Å²) >= 11 is 1.53. The third-order valence-electron chi connectivity index (χ3n) is 4.15. The molecular weight excluding hydrogens is 338 g/mol. The standard InChI is InChI=1S/C17H17N5O2S/c1-11-19-17(24-21-11)12-2-3-15(18-8-12)22-6-4-14(9-22)20-16(23)13-5-7-25-10-13/h2-3,5,7-8,10,14H,4,6,9H2,1H3,(H,20,23)/t14-/m0/s1. The van der Waals surface area contributed by atoms with Crippen LogP contribution in [0.3, 0.4) is 0 Å². The van der Waals surface area contributed by atoms with E-state index in [0.717, 1.165) is 36.5 Å². The maximum absolute atomic E-state index is 12.1. The zero-order valence-electron chi connectivity index (χ0n) is 13.7. The van der Waals surface area contributed by atoms with Gasteiger partial charge in [0.2, 0.25) is 0 Å². The molecule has 0 aliphatic carbocycles. The van der Waals surface area contributed by atoms with Gasteiger partial charge in [-0.25, -0.2) is 4.98 Å². The number of anilines is 1. The number of hydrogen-bond donors (Lipinski definition) is 1. The molecule has 1 amide bonds. The Morgan fingerprint density at radius 2 is 2.32 bits per heavy atom. The molecule has 3 aromatic heterocycles. The van der Waals surface area contributed by atoms with Gasteiger partial charge < -0.3 is 14.7 Å². The Balaban J connectivity index is 1.39. The number of carbonyl (C=O) groups is 1. The molecule has 4 rings (SSSR count). The monoisotopic (exact) mass is 355 g/mol. The molecule has 0 aromatic carbocycles. The molecule has 4 heterocycles. The minimum atomic E-state index is -0.0110. The lowest BCUT2D eigenvalue weighted by Gasteiger charge is -2.18. The maximum Gasteiger partial charge on any atom is 0.259 e. The largest absolute Gasteiger partial charge is 0.354 e. The molecule has 8 heteroatoms. The number of thiophene rings is 1. The first-order valence-electron chi connectivity index (χ1n) is 8.04. The van der Waals surface area contributed by atoms with Crippen LogP contribution < -0.4 is 10.2 Å². The summed E-state index contributed by atoms with van der Waals surface area (Å²) in [6.07, 6.45) is 2.64. The predicted octanol–water partition coefficient (Wildman–Crippen LogP) is 2.51. The second-order valence-corrected chi connectivity index (χ2v) is 6.75. The predicted molar refractivity (Wildman–Crippen MR) is 94.7 cm³/mol. The minimum absolute atomic E-state index is 0.0110. The molecule has 1 N–H and O–H groups in total. The van der Waals surface area contributed by atoms with Crippen molar-refractivity contribution in [2.75, 3.05) is 18.0 Å². The Bertz CT molecular complexity index is 860. The molecule has 7 nitrogen and oxygen atoms in total. The number of carbonyl (C=O) groups excluding carboxylic acids is 1. The number of nitrogens with one attached hydrogen (secondary N) is 1. The van der Waals surface area contributed by atoms with Gasteiger partial charge >= 0.3 is 0 Å². The van der Waals surface area contributed by atoms with Crippen LogP contribution in [0.15, 0.2) is 39.7 Å². The highest BCUT2D eigenvalue weighted by Crippen LogP contribution is 2.22. The molecule has 128 valence electrons. The molecule has 0 saturated carbocycles. The van der Waals surface area contributed by atoms with Gasteiger partial charge in [-0.2, -0.15) is 16.3 Å². The first kappa shape index (κ1) is 15.8. The van der Waals surface area contributed by atoms with E-state index in [-0.39, 0.29) is 11.9 Å². The second-order valence-electron chi connectivity index (χ2n) is 5.97. The summed E-state index contributed by atoms with van der Waals surface area (Å²) in [5.41, 5.74) is 1.52. The summed E-state index contributed by atoms with van der Waals surface area (Å²) in [6.45, 7) is 3.39. The van der Waals surface area contributed by atoms with Crippen molar-refractivity contribution in [3.05, 3.63) is 46.5 Å². The fraction of sp³-hybridized carbons (Fsp3) is 0.294. The molecule has 3 aromatic rings. The van der Waals surface area contributed by atoms with Crippen LogP contribution in [0.2, 0.25) is 0 Å². The Morgan fingerprint density at radius 1 is 1.40 bits per heavy atom. The SMILES string of the molecule is Cc1noc(-c2ccc(N3CC[C@H](NC(=O)c4ccsc4)C3)nc2)n1. The molecule has 0 radical (unpaired) electrons. The summed E-state index contributed by atoms with van der Waals surface area (Å²) in [7, 11) is 0. The average Bonchev–Trinajstić information content (AvgIpc) is 3.36. The number of nitrogens with zero attached hydrogens (tertiary/aromatic N) is 4. The summed E-state index contributed by atoms with van der Waals surface area (Å²) < 4.78 is 5.15. The lowest BCUT2D eigenvalue weighted by molar-refractivity contribution is 0.0941. The van der Waals surface area contributed by atoms with Crippen LogP contribution in [0.1, 0.15) is 22.6 Å². The van der Waals surface area contributed by atoms with E-state index in [9.17, 15) is 4.79 Å². The van der Waals surface area contributed by atoms with Gasteiger partial charge in [0, 0.05) is 36.3 Å². The van der Waals surface area contributed by atoms with Crippen LogP contribution in [0.25, 0.3) is 11.5 Å². The van der Waals surface area contributed by atoms with E-state index in [2.05, 4.69) is 25.3 Å². The van der Waals surface area contributed by atoms with Crippen molar-refractivity contribution in [1.29, 1.82) is 0 Å². The van der Waals surface area contributed by atoms with Crippen molar-refractivity contribution < 1.29 is 9.32 Å². The third kappa shape index (κ3) is 3.39. The minimum Gasteiger partial charge on any atom is -0.354 e. The van der Waals surface area contributed by atoms with Gasteiger partial charge in [-0.3, -0.25) is 4.79 Å². The van der Waals surface area contributed by atoms with Gasteiger partial charge in [-0.1, -0.05) is 5.16 Å². The summed E-state index contributed by atoms with van der Waals surface area (Å²) in [6, 6.07) is 5.84. The van der Waals surface area contributed by atoms with E-state index in [1.807, 2.05) is 29.0 Å². The first-order chi connectivity index (χ1) is 12.2. The molecule has 0 bridgehead atoms.